The van der Waals surface area contributed by atoms with Gasteiger partial charge in [0.15, 0.2) is 11.5 Å². The monoisotopic (exact) mass is 581 g/mol. The first kappa shape index (κ1) is 29.3. The Labute approximate surface area is 241 Å². The molecule has 0 radical (unpaired) electrons. The molecule has 2 aromatic carbocycles. The number of carbonyl (C=O) groups is 1. The summed E-state index contributed by atoms with van der Waals surface area (Å²) < 4.78 is 40.9. The number of likely N-dealkylation sites (N-methyl/N-ethyl adjacent to an activating group) is 1. The van der Waals surface area contributed by atoms with Crippen molar-refractivity contribution in [2.24, 2.45) is 7.05 Å². The fourth-order valence-electron chi connectivity index (χ4n) is 4.79. The molecule has 0 unspecified atom stereocenters. The molecular formula is C29H34F3N9O. The number of carbonyl (C=O) groups excluding carboxylic acids is 1. The number of fused-ring (bicyclic) bond motifs is 1. The van der Waals surface area contributed by atoms with Gasteiger partial charge in [-0.05, 0) is 62.8 Å². The summed E-state index contributed by atoms with van der Waals surface area (Å²) in [6.07, 6.45) is -1.83. The predicted octanol–water partition coefficient (Wildman–Crippen LogP) is 4.74. The van der Waals surface area contributed by atoms with Crippen molar-refractivity contribution in [1.82, 2.24) is 29.5 Å². The lowest BCUT2D eigenvalue weighted by Gasteiger charge is -2.32. The molecule has 0 saturated carbocycles. The van der Waals surface area contributed by atoms with E-state index in [9.17, 15) is 18.0 Å². The first-order valence-electron chi connectivity index (χ1n) is 13.8. The van der Waals surface area contributed by atoms with E-state index in [0.29, 0.717) is 28.8 Å². The molecule has 0 spiro atoms. The zero-order valence-electron chi connectivity index (χ0n) is 23.8. The Balaban J connectivity index is 1.24. The van der Waals surface area contributed by atoms with Crippen LogP contribution in [0.3, 0.4) is 0 Å². The van der Waals surface area contributed by atoms with E-state index in [4.69, 9.17) is 0 Å². The number of halogens is 3. The SMILES string of the molecule is Cc1ccc(NC(=O)c2cccc(C(F)(F)F)c2)cc1Nc1nn(C)c2nc(NCCCN3CCN(C)CC3)ncc12. The number of amides is 1. The Bertz CT molecular complexity index is 1560. The molecule has 1 amide bonds. The van der Waals surface area contributed by atoms with Crippen molar-refractivity contribution >= 4 is 40.1 Å². The quantitative estimate of drug-likeness (QED) is 0.244. The van der Waals surface area contributed by atoms with Gasteiger partial charge in [-0.15, -0.1) is 0 Å². The van der Waals surface area contributed by atoms with Gasteiger partial charge in [-0.25, -0.2) is 9.67 Å². The van der Waals surface area contributed by atoms with Crippen LogP contribution in [0.1, 0.15) is 27.9 Å². The van der Waals surface area contributed by atoms with Gasteiger partial charge in [0, 0.05) is 62.9 Å². The molecule has 1 aliphatic rings. The third-order valence-electron chi connectivity index (χ3n) is 7.31. The van der Waals surface area contributed by atoms with Crippen LogP contribution in [0.15, 0.2) is 48.7 Å². The van der Waals surface area contributed by atoms with E-state index in [1.165, 1.54) is 12.1 Å². The topological polar surface area (TPSA) is 103 Å². The summed E-state index contributed by atoms with van der Waals surface area (Å²) in [5.41, 5.74) is 1.66. The molecule has 0 bridgehead atoms. The number of hydrogen-bond donors (Lipinski definition) is 3. The highest BCUT2D eigenvalue weighted by atomic mass is 19.4. The fourth-order valence-corrected chi connectivity index (χ4v) is 4.79. The van der Waals surface area contributed by atoms with Gasteiger partial charge in [-0.2, -0.15) is 23.3 Å². The van der Waals surface area contributed by atoms with Gasteiger partial charge in [-0.1, -0.05) is 12.1 Å². The number of piperazine rings is 1. The minimum absolute atomic E-state index is 0.0866. The fraction of sp³-hybridized carbons (Fsp3) is 0.379. The van der Waals surface area contributed by atoms with Crippen molar-refractivity contribution in [2.75, 3.05) is 62.3 Å². The zero-order valence-corrected chi connectivity index (χ0v) is 23.8. The van der Waals surface area contributed by atoms with Gasteiger partial charge in [0.25, 0.3) is 5.91 Å². The second-order valence-corrected chi connectivity index (χ2v) is 10.5. The molecule has 3 heterocycles. The van der Waals surface area contributed by atoms with E-state index in [1.54, 1.807) is 36.1 Å². The first-order valence-corrected chi connectivity index (χ1v) is 13.8. The predicted molar refractivity (Wildman–Crippen MR) is 157 cm³/mol. The highest BCUT2D eigenvalue weighted by molar-refractivity contribution is 6.04. The van der Waals surface area contributed by atoms with Gasteiger partial charge in [0.2, 0.25) is 5.95 Å². The van der Waals surface area contributed by atoms with Crippen molar-refractivity contribution in [1.29, 1.82) is 0 Å². The average Bonchev–Trinajstić information content (AvgIpc) is 3.27. The van der Waals surface area contributed by atoms with Crippen LogP contribution >= 0.6 is 0 Å². The van der Waals surface area contributed by atoms with Crippen LogP contribution in [0.4, 0.5) is 36.3 Å². The number of aryl methyl sites for hydroxylation is 2. The Morgan fingerprint density at radius 1 is 1.05 bits per heavy atom. The van der Waals surface area contributed by atoms with Gasteiger partial charge in [0.1, 0.15) is 0 Å². The summed E-state index contributed by atoms with van der Waals surface area (Å²) >= 11 is 0. The molecule has 5 rings (SSSR count). The Kier molecular flexibility index (Phi) is 8.59. The smallest absolute Gasteiger partial charge is 0.354 e. The van der Waals surface area contributed by atoms with Crippen molar-refractivity contribution in [3.8, 4) is 0 Å². The van der Waals surface area contributed by atoms with Crippen LogP contribution in [0.5, 0.6) is 0 Å². The highest BCUT2D eigenvalue weighted by Gasteiger charge is 2.31. The summed E-state index contributed by atoms with van der Waals surface area (Å²) in [5, 5.41) is 14.6. The van der Waals surface area contributed by atoms with Gasteiger partial charge in [0.05, 0.1) is 10.9 Å². The summed E-state index contributed by atoms with van der Waals surface area (Å²) in [4.78, 5) is 26.6. The lowest BCUT2D eigenvalue weighted by molar-refractivity contribution is -0.137. The first-order chi connectivity index (χ1) is 20.1. The molecule has 0 aliphatic carbocycles. The molecule has 3 N–H and O–H groups in total. The van der Waals surface area contributed by atoms with Crippen LogP contribution in [0, 0.1) is 6.92 Å². The minimum atomic E-state index is -4.53. The molecule has 1 fully saturated rings. The number of anilines is 4. The van der Waals surface area contributed by atoms with Gasteiger partial charge in [-0.3, -0.25) is 4.79 Å². The number of hydrogen-bond acceptors (Lipinski definition) is 8. The highest BCUT2D eigenvalue weighted by Crippen LogP contribution is 2.31. The normalized spacial score (nSPS) is 14.7. The number of alkyl halides is 3. The van der Waals surface area contributed by atoms with E-state index in [0.717, 1.165) is 68.8 Å². The molecular weight excluding hydrogens is 547 g/mol. The second kappa shape index (κ2) is 12.3. The second-order valence-electron chi connectivity index (χ2n) is 10.5. The molecule has 2 aromatic heterocycles. The van der Waals surface area contributed by atoms with Gasteiger partial charge >= 0.3 is 6.18 Å². The van der Waals surface area contributed by atoms with E-state index >= 15 is 0 Å². The zero-order chi connectivity index (χ0) is 29.9. The van der Waals surface area contributed by atoms with Crippen LogP contribution in [-0.2, 0) is 13.2 Å². The van der Waals surface area contributed by atoms with Crippen molar-refractivity contribution in [3.05, 3.63) is 65.4 Å². The van der Waals surface area contributed by atoms with Crippen molar-refractivity contribution in [2.45, 2.75) is 19.5 Å². The Hall–Kier alpha value is -4.23. The van der Waals surface area contributed by atoms with E-state index < -0.39 is 17.6 Å². The molecule has 10 nitrogen and oxygen atoms in total. The van der Waals surface area contributed by atoms with E-state index in [2.05, 4.69) is 47.9 Å². The molecule has 4 aromatic rings. The summed E-state index contributed by atoms with van der Waals surface area (Å²) in [7, 11) is 3.95. The summed E-state index contributed by atoms with van der Waals surface area (Å²) in [6.45, 7) is 8.07. The number of nitrogens with zero attached hydrogens (tertiary/aromatic N) is 6. The van der Waals surface area contributed by atoms with E-state index in [1.807, 2.05) is 6.92 Å². The maximum Gasteiger partial charge on any atom is 0.416 e. The Morgan fingerprint density at radius 2 is 1.83 bits per heavy atom. The lowest BCUT2D eigenvalue weighted by atomic mass is 10.1. The maximum atomic E-state index is 13.1. The third kappa shape index (κ3) is 6.97. The number of rotatable bonds is 9. The van der Waals surface area contributed by atoms with Crippen LogP contribution in [0.25, 0.3) is 11.0 Å². The molecule has 1 aliphatic heterocycles. The van der Waals surface area contributed by atoms with Crippen LogP contribution in [0.2, 0.25) is 0 Å². The summed E-state index contributed by atoms with van der Waals surface area (Å²) in [5.74, 6) is 0.431. The maximum absolute atomic E-state index is 13.1. The lowest BCUT2D eigenvalue weighted by Crippen LogP contribution is -2.44. The molecule has 222 valence electrons. The Morgan fingerprint density at radius 3 is 2.60 bits per heavy atom. The molecule has 1 saturated heterocycles. The van der Waals surface area contributed by atoms with E-state index in [-0.39, 0.29) is 5.56 Å². The molecule has 0 atom stereocenters. The number of benzene rings is 2. The summed E-state index contributed by atoms with van der Waals surface area (Å²) in [6, 6.07) is 9.51. The standard InChI is InChI=1S/C29H34F3N9O/c1-19-8-9-22(35-27(42)20-6-4-7-21(16-20)29(30,31)32)17-24(19)36-25-23-18-34-28(37-26(23)40(3)38-25)33-10-5-11-41-14-12-39(2)13-15-41/h4,6-9,16-18H,5,10-15H2,1-3H3,(H,35,42)(H,36,38)(H,33,34,37). The van der Waals surface area contributed by atoms with Crippen molar-refractivity contribution in [3.63, 3.8) is 0 Å². The average molecular weight is 582 g/mol. The van der Waals surface area contributed by atoms with Crippen molar-refractivity contribution < 1.29 is 18.0 Å². The third-order valence-corrected chi connectivity index (χ3v) is 7.31. The number of aromatic nitrogens is 4. The molecule has 13 heteroatoms. The molecule has 42 heavy (non-hydrogen) atoms. The minimum Gasteiger partial charge on any atom is -0.354 e. The van der Waals surface area contributed by atoms with Crippen LogP contribution in [-0.4, -0.2) is 81.8 Å². The van der Waals surface area contributed by atoms with Crippen LogP contribution < -0.4 is 16.0 Å². The largest absolute Gasteiger partial charge is 0.416 e. The number of nitrogens with one attached hydrogen (secondary N) is 3. The van der Waals surface area contributed by atoms with Gasteiger partial charge < -0.3 is 25.8 Å².